The highest BCUT2D eigenvalue weighted by Crippen LogP contribution is 2.36. The molecule has 0 bridgehead atoms. The predicted molar refractivity (Wildman–Crippen MR) is 79.1 cm³/mol. The van der Waals surface area contributed by atoms with Crippen LogP contribution in [0.25, 0.3) is 0 Å². The van der Waals surface area contributed by atoms with Gasteiger partial charge in [0, 0.05) is 6.20 Å². The number of pyridine rings is 1. The van der Waals surface area contributed by atoms with E-state index in [1.807, 2.05) is 6.07 Å². The number of para-hydroxylation sites is 1. The third kappa shape index (κ3) is 3.90. The first kappa shape index (κ1) is 17.5. The Morgan fingerprint density at radius 3 is 2.46 bits per heavy atom. The van der Waals surface area contributed by atoms with Gasteiger partial charge in [0.2, 0.25) is 0 Å². The van der Waals surface area contributed by atoms with Crippen LogP contribution < -0.4 is 4.74 Å². The standard InChI is InChI=1S/C17H13F3N2O2/c1-11(16(23)12(10-21)14-7-4-5-9-22-14)24-15-8-3-2-6-13(15)17(18,19)20/h2-9,11-12H,1H3/t11-,12+/m1/s1. The number of rotatable bonds is 5. The molecule has 0 saturated heterocycles. The lowest BCUT2D eigenvalue weighted by Crippen LogP contribution is -2.30. The second-order valence-corrected chi connectivity index (χ2v) is 4.97. The molecule has 4 nitrogen and oxygen atoms in total. The maximum atomic E-state index is 13.0. The number of hydrogen-bond donors (Lipinski definition) is 0. The number of nitriles is 1. The molecule has 0 fully saturated rings. The lowest BCUT2D eigenvalue weighted by atomic mass is 9.97. The topological polar surface area (TPSA) is 63.0 Å². The van der Waals surface area contributed by atoms with E-state index in [-0.39, 0.29) is 5.69 Å². The molecule has 2 atom stereocenters. The zero-order chi connectivity index (χ0) is 17.7. The minimum absolute atomic E-state index is 0.226. The Kier molecular flexibility index (Phi) is 5.19. The molecule has 0 saturated carbocycles. The van der Waals surface area contributed by atoms with Gasteiger partial charge < -0.3 is 4.74 Å². The van der Waals surface area contributed by atoms with Crippen LogP contribution in [0.15, 0.2) is 48.7 Å². The third-order valence-electron chi connectivity index (χ3n) is 3.29. The van der Waals surface area contributed by atoms with Gasteiger partial charge >= 0.3 is 6.18 Å². The molecule has 124 valence electrons. The molecule has 0 aliphatic heterocycles. The van der Waals surface area contributed by atoms with Crippen LogP contribution >= 0.6 is 0 Å². The molecular formula is C17H13F3N2O2. The van der Waals surface area contributed by atoms with Gasteiger partial charge in [0.15, 0.2) is 17.8 Å². The lowest BCUT2D eigenvalue weighted by molar-refractivity contribution is -0.140. The normalized spacial score (nSPS) is 13.6. The van der Waals surface area contributed by atoms with E-state index in [1.54, 1.807) is 12.1 Å². The number of nitrogens with zero attached hydrogens (tertiary/aromatic N) is 2. The molecule has 0 amide bonds. The van der Waals surface area contributed by atoms with Crippen LogP contribution in [0, 0.1) is 11.3 Å². The van der Waals surface area contributed by atoms with Crippen LogP contribution in [-0.4, -0.2) is 16.9 Å². The van der Waals surface area contributed by atoms with E-state index in [0.717, 1.165) is 12.1 Å². The summed E-state index contributed by atoms with van der Waals surface area (Å²) < 4.78 is 44.1. The quantitative estimate of drug-likeness (QED) is 0.835. The van der Waals surface area contributed by atoms with E-state index in [9.17, 15) is 23.2 Å². The predicted octanol–water partition coefficient (Wildman–Crippen LogP) is 3.74. The van der Waals surface area contributed by atoms with E-state index in [0.29, 0.717) is 0 Å². The molecule has 0 unspecified atom stereocenters. The van der Waals surface area contributed by atoms with Crippen molar-refractivity contribution < 1.29 is 22.7 Å². The van der Waals surface area contributed by atoms with E-state index in [1.165, 1.54) is 31.3 Å². The molecule has 24 heavy (non-hydrogen) atoms. The number of alkyl halides is 3. The van der Waals surface area contributed by atoms with Crippen molar-refractivity contribution in [1.82, 2.24) is 4.98 Å². The van der Waals surface area contributed by atoms with Crippen molar-refractivity contribution in [2.75, 3.05) is 0 Å². The van der Waals surface area contributed by atoms with Gasteiger partial charge in [0.25, 0.3) is 0 Å². The van der Waals surface area contributed by atoms with Gasteiger partial charge in [-0.05, 0) is 31.2 Å². The van der Waals surface area contributed by atoms with Gasteiger partial charge in [-0.3, -0.25) is 9.78 Å². The molecule has 0 radical (unpaired) electrons. The van der Waals surface area contributed by atoms with Crippen LogP contribution in [0.5, 0.6) is 5.75 Å². The van der Waals surface area contributed by atoms with Gasteiger partial charge in [-0.15, -0.1) is 0 Å². The maximum Gasteiger partial charge on any atom is 0.419 e. The SMILES string of the molecule is C[C@@H](Oc1ccccc1C(F)(F)F)C(=O)[C@@H](C#N)c1ccccn1. The Hall–Kier alpha value is -2.88. The zero-order valence-corrected chi connectivity index (χ0v) is 12.6. The first-order valence-electron chi connectivity index (χ1n) is 7.01. The summed E-state index contributed by atoms with van der Waals surface area (Å²) in [7, 11) is 0. The fourth-order valence-corrected chi connectivity index (χ4v) is 2.11. The summed E-state index contributed by atoms with van der Waals surface area (Å²) >= 11 is 0. The van der Waals surface area contributed by atoms with Gasteiger partial charge in [-0.25, -0.2) is 0 Å². The molecule has 0 aliphatic rings. The third-order valence-corrected chi connectivity index (χ3v) is 3.29. The largest absolute Gasteiger partial charge is 0.482 e. The number of benzene rings is 1. The van der Waals surface area contributed by atoms with Gasteiger partial charge in [0.05, 0.1) is 17.3 Å². The van der Waals surface area contributed by atoms with Crippen LogP contribution in [0.2, 0.25) is 0 Å². The molecule has 0 N–H and O–H groups in total. The van der Waals surface area contributed by atoms with Crippen LogP contribution in [0.4, 0.5) is 13.2 Å². The molecule has 1 heterocycles. The number of halogens is 3. The molecule has 1 aromatic heterocycles. The van der Waals surface area contributed by atoms with E-state index >= 15 is 0 Å². The minimum atomic E-state index is -4.60. The van der Waals surface area contributed by atoms with Crippen molar-refractivity contribution in [3.8, 4) is 11.8 Å². The molecular weight excluding hydrogens is 321 g/mol. The van der Waals surface area contributed by atoms with Gasteiger partial charge in [-0.2, -0.15) is 18.4 Å². The Balaban J connectivity index is 2.23. The Morgan fingerprint density at radius 2 is 1.88 bits per heavy atom. The fraction of sp³-hybridized carbons (Fsp3) is 0.235. The van der Waals surface area contributed by atoms with E-state index in [4.69, 9.17) is 4.74 Å². The number of aromatic nitrogens is 1. The van der Waals surface area contributed by atoms with E-state index in [2.05, 4.69) is 4.98 Å². The van der Waals surface area contributed by atoms with Crippen molar-refractivity contribution in [2.45, 2.75) is 25.1 Å². The fourth-order valence-electron chi connectivity index (χ4n) is 2.11. The number of ketones is 1. The average molecular weight is 334 g/mol. The number of Topliss-reactive ketones (excluding diaryl/α,β-unsaturated/α-hetero) is 1. The zero-order valence-electron chi connectivity index (χ0n) is 12.6. The highest BCUT2D eigenvalue weighted by Gasteiger charge is 2.35. The Bertz CT molecular complexity index is 754. The number of carbonyl (C=O) groups is 1. The summed E-state index contributed by atoms with van der Waals surface area (Å²) in [6.45, 7) is 1.31. The monoisotopic (exact) mass is 334 g/mol. The smallest absolute Gasteiger partial charge is 0.419 e. The average Bonchev–Trinajstić information content (AvgIpc) is 2.56. The minimum Gasteiger partial charge on any atom is -0.482 e. The lowest BCUT2D eigenvalue weighted by Gasteiger charge is -2.19. The van der Waals surface area contributed by atoms with Crippen molar-refractivity contribution in [3.05, 3.63) is 59.9 Å². The highest BCUT2D eigenvalue weighted by molar-refractivity contribution is 5.91. The molecule has 1 aromatic carbocycles. The van der Waals surface area contributed by atoms with E-state index < -0.39 is 35.3 Å². The summed E-state index contributed by atoms with van der Waals surface area (Å²) in [6, 6.07) is 11.2. The summed E-state index contributed by atoms with van der Waals surface area (Å²) in [5.41, 5.74) is -0.749. The first-order valence-corrected chi connectivity index (χ1v) is 7.01. The van der Waals surface area contributed by atoms with Crippen LogP contribution in [0.1, 0.15) is 24.1 Å². The number of ether oxygens (including phenoxy) is 1. The van der Waals surface area contributed by atoms with Crippen molar-refractivity contribution >= 4 is 5.78 Å². The summed E-state index contributed by atoms with van der Waals surface area (Å²) in [4.78, 5) is 16.3. The summed E-state index contributed by atoms with van der Waals surface area (Å²) in [5, 5.41) is 9.20. The van der Waals surface area contributed by atoms with Gasteiger partial charge in [0.1, 0.15) is 5.75 Å². The van der Waals surface area contributed by atoms with Crippen LogP contribution in [0.3, 0.4) is 0 Å². The summed E-state index contributed by atoms with van der Waals surface area (Å²) in [5.74, 6) is -2.32. The molecule has 0 spiro atoms. The Morgan fingerprint density at radius 1 is 1.21 bits per heavy atom. The molecule has 2 aromatic rings. The van der Waals surface area contributed by atoms with Crippen molar-refractivity contribution in [3.63, 3.8) is 0 Å². The Labute approximate surface area is 136 Å². The molecule has 2 rings (SSSR count). The molecule has 0 aliphatic carbocycles. The second-order valence-electron chi connectivity index (χ2n) is 4.97. The van der Waals surface area contributed by atoms with Crippen molar-refractivity contribution in [1.29, 1.82) is 5.26 Å². The van der Waals surface area contributed by atoms with Gasteiger partial charge in [-0.1, -0.05) is 18.2 Å². The maximum absolute atomic E-state index is 13.0. The van der Waals surface area contributed by atoms with Crippen LogP contribution in [-0.2, 0) is 11.0 Å². The number of hydrogen-bond acceptors (Lipinski definition) is 4. The van der Waals surface area contributed by atoms with Crippen molar-refractivity contribution in [2.24, 2.45) is 0 Å². The highest BCUT2D eigenvalue weighted by atomic mass is 19.4. The second kappa shape index (κ2) is 7.13. The number of carbonyl (C=O) groups excluding carboxylic acids is 1. The summed E-state index contributed by atoms with van der Waals surface area (Å²) in [6.07, 6.45) is -4.41. The molecule has 7 heteroatoms. The first-order chi connectivity index (χ1) is 11.3.